The second-order valence-corrected chi connectivity index (χ2v) is 3.04. The zero-order chi connectivity index (χ0) is 12.9. The van der Waals surface area contributed by atoms with Gasteiger partial charge in [0.25, 0.3) is 0 Å². The summed E-state index contributed by atoms with van der Waals surface area (Å²) in [5, 5.41) is 0. The van der Waals surface area contributed by atoms with Crippen molar-refractivity contribution in [3.05, 3.63) is 0 Å². The highest BCUT2D eigenvalue weighted by atomic mass is 16.7. The SMILES string of the molecule is CCOC(=O)CCOCOCCC(=O)OCC. The summed E-state index contributed by atoms with van der Waals surface area (Å²) in [6, 6.07) is 0. The van der Waals surface area contributed by atoms with Gasteiger partial charge in [0.1, 0.15) is 6.79 Å². The summed E-state index contributed by atoms with van der Waals surface area (Å²) >= 11 is 0. The molecule has 0 aliphatic rings. The van der Waals surface area contributed by atoms with Crippen molar-refractivity contribution in [3.8, 4) is 0 Å². The molecule has 0 aromatic heterocycles. The van der Waals surface area contributed by atoms with Gasteiger partial charge in [-0.15, -0.1) is 0 Å². The molecule has 0 heterocycles. The van der Waals surface area contributed by atoms with Crippen molar-refractivity contribution < 1.29 is 28.5 Å². The number of esters is 2. The van der Waals surface area contributed by atoms with Gasteiger partial charge < -0.3 is 18.9 Å². The highest BCUT2D eigenvalue weighted by molar-refractivity contribution is 5.69. The van der Waals surface area contributed by atoms with Crippen LogP contribution in [-0.4, -0.2) is 45.2 Å². The number of rotatable bonds is 10. The predicted molar refractivity (Wildman–Crippen MR) is 59.3 cm³/mol. The van der Waals surface area contributed by atoms with Crippen LogP contribution in [0.25, 0.3) is 0 Å². The van der Waals surface area contributed by atoms with Gasteiger partial charge in [0.15, 0.2) is 0 Å². The first-order valence-corrected chi connectivity index (χ1v) is 5.67. The van der Waals surface area contributed by atoms with Crippen molar-refractivity contribution in [2.24, 2.45) is 0 Å². The molecular weight excluding hydrogens is 228 g/mol. The summed E-state index contributed by atoms with van der Waals surface area (Å²) in [5.74, 6) is -0.585. The Morgan fingerprint density at radius 3 is 1.59 bits per heavy atom. The molecule has 0 rings (SSSR count). The molecule has 0 radical (unpaired) electrons. The summed E-state index contributed by atoms with van der Waals surface area (Å²) < 4.78 is 19.4. The van der Waals surface area contributed by atoms with E-state index in [2.05, 4.69) is 0 Å². The molecule has 0 saturated carbocycles. The van der Waals surface area contributed by atoms with Crippen LogP contribution in [0.15, 0.2) is 0 Å². The normalized spacial score (nSPS) is 10.0. The number of carbonyl (C=O) groups excluding carboxylic acids is 2. The molecule has 0 N–H and O–H groups in total. The minimum atomic E-state index is -0.293. The van der Waals surface area contributed by atoms with E-state index in [9.17, 15) is 9.59 Å². The van der Waals surface area contributed by atoms with E-state index in [0.717, 1.165) is 0 Å². The van der Waals surface area contributed by atoms with Gasteiger partial charge in [0.05, 0.1) is 39.3 Å². The summed E-state index contributed by atoms with van der Waals surface area (Å²) in [5.41, 5.74) is 0. The lowest BCUT2D eigenvalue weighted by Gasteiger charge is -2.05. The lowest BCUT2D eigenvalue weighted by Crippen LogP contribution is -2.12. The van der Waals surface area contributed by atoms with Crippen molar-refractivity contribution in [2.75, 3.05) is 33.2 Å². The molecule has 0 aromatic rings. The van der Waals surface area contributed by atoms with Gasteiger partial charge in [-0.05, 0) is 13.8 Å². The van der Waals surface area contributed by atoms with Crippen LogP contribution in [0.1, 0.15) is 26.7 Å². The maximum atomic E-state index is 10.9. The Labute approximate surface area is 101 Å². The van der Waals surface area contributed by atoms with Gasteiger partial charge in [0, 0.05) is 0 Å². The fraction of sp³-hybridized carbons (Fsp3) is 0.818. The standard InChI is InChI=1S/C11H20O6/c1-3-16-10(12)5-7-14-9-15-8-6-11(13)17-4-2/h3-9H2,1-2H3. The Hall–Kier alpha value is -1.14. The minimum Gasteiger partial charge on any atom is -0.466 e. The minimum absolute atomic E-state index is 0.0544. The molecule has 0 atom stereocenters. The van der Waals surface area contributed by atoms with E-state index in [1.165, 1.54) is 0 Å². The molecule has 0 spiro atoms. The summed E-state index contributed by atoms with van der Waals surface area (Å²) in [6.45, 7) is 4.79. The maximum Gasteiger partial charge on any atom is 0.308 e. The van der Waals surface area contributed by atoms with Crippen LogP contribution >= 0.6 is 0 Å². The second-order valence-electron chi connectivity index (χ2n) is 3.04. The maximum absolute atomic E-state index is 10.9. The highest BCUT2D eigenvalue weighted by Gasteiger charge is 2.02. The van der Waals surface area contributed by atoms with Gasteiger partial charge in [-0.25, -0.2) is 0 Å². The number of ether oxygens (including phenoxy) is 4. The van der Waals surface area contributed by atoms with Crippen molar-refractivity contribution >= 4 is 11.9 Å². The molecule has 6 heteroatoms. The van der Waals surface area contributed by atoms with E-state index in [1.54, 1.807) is 13.8 Å². The van der Waals surface area contributed by atoms with Crippen LogP contribution in [0.3, 0.4) is 0 Å². The second kappa shape index (κ2) is 11.3. The van der Waals surface area contributed by atoms with E-state index in [0.29, 0.717) is 13.2 Å². The lowest BCUT2D eigenvalue weighted by atomic mass is 10.5. The molecule has 17 heavy (non-hydrogen) atoms. The molecular formula is C11H20O6. The summed E-state index contributed by atoms with van der Waals surface area (Å²) in [4.78, 5) is 21.8. The molecule has 0 aromatic carbocycles. The molecule has 100 valence electrons. The Kier molecular flexibility index (Phi) is 10.6. The zero-order valence-corrected chi connectivity index (χ0v) is 10.4. The molecule has 0 saturated heterocycles. The van der Waals surface area contributed by atoms with E-state index in [-0.39, 0.29) is 44.8 Å². The summed E-state index contributed by atoms with van der Waals surface area (Å²) in [7, 11) is 0. The van der Waals surface area contributed by atoms with Crippen LogP contribution in [-0.2, 0) is 28.5 Å². The van der Waals surface area contributed by atoms with E-state index in [1.807, 2.05) is 0 Å². The third-order valence-corrected chi connectivity index (χ3v) is 1.68. The van der Waals surface area contributed by atoms with Crippen LogP contribution in [0.2, 0.25) is 0 Å². The quantitative estimate of drug-likeness (QED) is 0.325. The fourth-order valence-corrected chi connectivity index (χ4v) is 0.954. The topological polar surface area (TPSA) is 71.1 Å². The van der Waals surface area contributed by atoms with Gasteiger partial charge in [-0.1, -0.05) is 0 Å². The zero-order valence-electron chi connectivity index (χ0n) is 10.4. The molecule has 0 unspecified atom stereocenters. The first-order chi connectivity index (χ1) is 8.20. The molecule has 0 fully saturated rings. The third-order valence-electron chi connectivity index (χ3n) is 1.68. The van der Waals surface area contributed by atoms with Crippen LogP contribution < -0.4 is 0 Å². The third kappa shape index (κ3) is 11.1. The Balaban J connectivity index is 3.18. The molecule has 0 bridgehead atoms. The number of carbonyl (C=O) groups is 2. The molecule has 0 amide bonds. The lowest BCUT2D eigenvalue weighted by molar-refractivity contribution is -0.146. The average molecular weight is 248 g/mol. The smallest absolute Gasteiger partial charge is 0.308 e. The van der Waals surface area contributed by atoms with Crippen molar-refractivity contribution in [1.82, 2.24) is 0 Å². The molecule has 0 aliphatic carbocycles. The highest BCUT2D eigenvalue weighted by Crippen LogP contribution is 1.91. The van der Waals surface area contributed by atoms with E-state index >= 15 is 0 Å². The molecule has 6 nitrogen and oxygen atoms in total. The number of hydrogen-bond donors (Lipinski definition) is 0. The van der Waals surface area contributed by atoms with Crippen molar-refractivity contribution in [2.45, 2.75) is 26.7 Å². The van der Waals surface area contributed by atoms with Gasteiger partial charge in [0.2, 0.25) is 0 Å². The first kappa shape index (κ1) is 15.9. The van der Waals surface area contributed by atoms with Crippen LogP contribution in [0, 0.1) is 0 Å². The van der Waals surface area contributed by atoms with Gasteiger partial charge in [-0.2, -0.15) is 0 Å². The Morgan fingerprint density at radius 1 is 0.824 bits per heavy atom. The monoisotopic (exact) mass is 248 g/mol. The van der Waals surface area contributed by atoms with E-state index in [4.69, 9.17) is 18.9 Å². The Bertz CT molecular complexity index is 194. The van der Waals surface area contributed by atoms with E-state index < -0.39 is 0 Å². The van der Waals surface area contributed by atoms with Crippen molar-refractivity contribution in [3.63, 3.8) is 0 Å². The molecule has 0 aliphatic heterocycles. The van der Waals surface area contributed by atoms with Crippen LogP contribution in [0.5, 0.6) is 0 Å². The van der Waals surface area contributed by atoms with Crippen LogP contribution in [0.4, 0.5) is 0 Å². The van der Waals surface area contributed by atoms with Crippen molar-refractivity contribution in [1.29, 1.82) is 0 Å². The largest absolute Gasteiger partial charge is 0.466 e. The average Bonchev–Trinajstić information content (AvgIpc) is 2.28. The first-order valence-electron chi connectivity index (χ1n) is 5.67. The fourth-order valence-electron chi connectivity index (χ4n) is 0.954. The number of hydrogen-bond acceptors (Lipinski definition) is 6. The predicted octanol–water partition coefficient (Wildman–Crippen LogP) is 0.884. The Morgan fingerprint density at radius 2 is 1.24 bits per heavy atom. The summed E-state index contributed by atoms with van der Waals surface area (Å²) in [6.07, 6.45) is 0.407. The van der Waals surface area contributed by atoms with Gasteiger partial charge in [-0.3, -0.25) is 9.59 Å². The van der Waals surface area contributed by atoms with Gasteiger partial charge >= 0.3 is 11.9 Å².